The van der Waals surface area contributed by atoms with Gasteiger partial charge in [-0.2, -0.15) is 5.26 Å². The molecule has 1 saturated heterocycles. The number of nitrogens with two attached hydrogens (primary N) is 2. The van der Waals surface area contributed by atoms with E-state index in [-0.39, 0.29) is 30.7 Å². The summed E-state index contributed by atoms with van der Waals surface area (Å²) in [5, 5.41) is 8.82. The molecule has 7 heteroatoms. The fourth-order valence-corrected chi connectivity index (χ4v) is 1.94. The van der Waals surface area contributed by atoms with Crippen LogP contribution in [0.5, 0.6) is 0 Å². The van der Waals surface area contributed by atoms with E-state index in [4.69, 9.17) is 16.7 Å². The molecule has 1 atom stereocenters. The predicted molar refractivity (Wildman–Crippen MR) is 78.1 cm³/mol. The fraction of sp³-hybridized carbons (Fsp3) is 0.333. The lowest BCUT2D eigenvalue weighted by Gasteiger charge is -2.17. The zero-order chi connectivity index (χ0) is 12.4. The Hall–Kier alpha value is -1.48. The van der Waals surface area contributed by atoms with Crippen LogP contribution in [0.25, 0.3) is 0 Å². The van der Waals surface area contributed by atoms with Crippen molar-refractivity contribution in [3.63, 3.8) is 0 Å². The van der Waals surface area contributed by atoms with Crippen LogP contribution < -0.4 is 11.5 Å². The number of likely N-dealkylation sites (tertiary alicyclic amines) is 1. The molecule has 0 radical (unpaired) electrons. The maximum Gasteiger partial charge on any atom is 0.239 e. The number of nitrogen functional groups attached to an aromatic ring is 1. The lowest BCUT2D eigenvalue weighted by molar-refractivity contribution is -0.129. The van der Waals surface area contributed by atoms with Gasteiger partial charge in [0.1, 0.15) is 0 Å². The number of rotatable bonds is 2. The van der Waals surface area contributed by atoms with E-state index in [2.05, 4.69) is 6.07 Å². The van der Waals surface area contributed by atoms with Crippen LogP contribution in [0, 0.1) is 11.3 Å². The Morgan fingerprint density at radius 2 is 2.11 bits per heavy atom. The predicted octanol–water partition coefficient (Wildman–Crippen LogP) is 1.04. The summed E-state index contributed by atoms with van der Waals surface area (Å²) >= 11 is 0. The average molecular weight is 303 g/mol. The monoisotopic (exact) mass is 302 g/mol. The van der Waals surface area contributed by atoms with Crippen molar-refractivity contribution in [3.8, 4) is 6.07 Å². The summed E-state index contributed by atoms with van der Waals surface area (Å²) in [5.74, 6) is -0.0493. The molecule has 1 aliphatic heterocycles. The highest BCUT2D eigenvalue weighted by Crippen LogP contribution is 2.19. The van der Waals surface area contributed by atoms with Gasteiger partial charge >= 0.3 is 0 Å². The molecule has 1 fully saturated rings. The van der Waals surface area contributed by atoms with E-state index in [0.29, 0.717) is 30.8 Å². The van der Waals surface area contributed by atoms with Gasteiger partial charge in [-0.15, -0.1) is 24.8 Å². The highest BCUT2D eigenvalue weighted by atomic mass is 35.5. The molecule has 19 heavy (non-hydrogen) atoms. The first kappa shape index (κ1) is 17.5. The number of hydrogen-bond donors (Lipinski definition) is 2. The maximum atomic E-state index is 11.7. The summed E-state index contributed by atoms with van der Waals surface area (Å²) in [7, 11) is 0. The minimum Gasteiger partial charge on any atom is -0.398 e. The Balaban J connectivity index is 0.00000162. The van der Waals surface area contributed by atoms with Crippen LogP contribution in [0.3, 0.4) is 0 Å². The third kappa shape index (κ3) is 3.74. The Kier molecular flexibility index (Phi) is 6.63. The van der Waals surface area contributed by atoms with E-state index in [9.17, 15) is 4.79 Å². The number of carbonyl (C=O) groups is 1. The molecule has 0 unspecified atom stereocenters. The second-order valence-electron chi connectivity index (χ2n) is 4.18. The lowest BCUT2D eigenvalue weighted by atomic mass is 10.1. The van der Waals surface area contributed by atoms with Crippen molar-refractivity contribution in [1.82, 2.24) is 4.90 Å². The number of carbonyl (C=O) groups excluding carboxylic acids is 1. The first-order valence-electron chi connectivity index (χ1n) is 5.44. The van der Waals surface area contributed by atoms with Gasteiger partial charge in [-0.1, -0.05) is 0 Å². The molecule has 4 N–H and O–H groups in total. The number of nitrogens with zero attached hydrogens (tertiary/aromatic N) is 2. The summed E-state index contributed by atoms with van der Waals surface area (Å²) < 4.78 is 0. The standard InChI is InChI=1S/C12H14N4O.2ClH/c13-6-8-1-2-10(14)9(5-8)7-16-4-3-11(15)12(16)17;;/h1-2,5,11H,3-4,7,14-15H2;2*1H/t11-;;/m0../s1. The maximum absolute atomic E-state index is 11.7. The molecule has 0 aliphatic carbocycles. The van der Waals surface area contributed by atoms with Gasteiger partial charge < -0.3 is 16.4 Å². The number of hydrogen-bond acceptors (Lipinski definition) is 4. The van der Waals surface area contributed by atoms with Crippen molar-refractivity contribution in [1.29, 1.82) is 5.26 Å². The summed E-state index contributed by atoms with van der Waals surface area (Å²) in [4.78, 5) is 13.3. The highest BCUT2D eigenvalue weighted by molar-refractivity contribution is 5.85. The summed E-state index contributed by atoms with van der Waals surface area (Å²) in [6, 6.07) is 6.73. The second kappa shape index (κ2) is 7.19. The molecule has 1 aromatic carbocycles. The summed E-state index contributed by atoms with van der Waals surface area (Å²) in [6.45, 7) is 1.07. The quantitative estimate of drug-likeness (QED) is 0.798. The third-order valence-electron chi connectivity index (χ3n) is 2.97. The zero-order valence-corrected chi connectivity index (χ0v) is 11.8. The van der Waals surface area contributed by atoms with Crippen molar-refractivity contribution in [2.24, 2.45) is 5.73 Å². The van der Waals surface area contributed by atoms with Crippen molar-refractivity contribution in [2.45, 2.75) is 19.0 Å². The average Bonchev–Trinajstić information content (AvgIpc) is 2.64. The van der Waals surface area contributed by atoms with Crippen LogP contribution in [0.15, 0.2) is 18.2 Å². The van der Waals surface area contributed by atoms with Gasteiger partial charge in [-0.3, -0.25) is 4.79 Å². The topological polar surface area (TPSA) is 96.1 Å². The fourth-order valence-electron chi connectivity index (χ4n) is 1.94. The van der Waals surface area contributed by atoms with E-state index >= 15 is 0 Å². The highest BCUT2D eigenvalue weighted by Gasteiger charge is 2.28. The van der Waals surface area contributed by atoms with Gasteiger partial charge in [0.2, 0.25) is 5.91 Å². The molecule has 2 rings (SSSR count). The normalized spacial score (nSPS) is 17.4. The SMILES string of the molecule is Cl.Cl.N#Cc1ccc(N)c(CN2CC[C@H](N)C2=O)c1. The number of nitriles is 1. The molecule has 0 spiro atoms. The Morgan fingerprint density at radius 1 is 1.42 bits per heavy atom. The minimum atomic E-state index is -0.393. The molecule has 1 aromatic rings. The van der Waals surface area contributed by atoms with Crippen LogP contribution >= 0.6 is 24.8 Å². The van der Waals surface area contributed by atoms with Crippen LogP contribution in [0.2, 0.25) is 0 Å². The van der Waals surface area contributed by atoms with Gasteiger partial charge in [0.15, 0.2) is 0 Å². The Morgan fingerprint density at radius 3 is 2.63 bits per heavy atom. The molecule has 0 bridgehead atoms. The van der Waals surface area contributed by atoms with E-state index in [0.717, 1.165) is 5.56 Å². The number of benzene rings is 1. The van der Waals surface area contributed by atoms with Crippen LogP contribution in [0.1, 0.15) is 17.5 Å². The number of anilines is 1. The van der Waals surface area contributed by atoms with Crippen molar-refractivity contribution in [2.75, 3.05) is 12.3 Å². The first-order chi connectivity index (χ1) is 8.11. The molecule has 1 heterocycles. The molecule has 1 aliphatic rings. The van der Waals surface area contributed by atoms with Gasteiger partial charge in [0.25, 0.3) is 0 Å². The Bertz CT molecular complexity index is 501. The molecular formula is C12H16Cl2N4O. The van der Waals surface area contributed by atoms with E-state index in [1.165, 1.54) is 0 Å². The van der Waals surface area contributed by atoms with Crippen LogP contribution in [-0.4, -0.2) is 23.4 Å². The molecule has 1 amide bonds. The van der Waals surface area contributed by atoms with E-state index in [1.54, 1.807) is 23.1 Å². The largest absolute Gasteiger partial charge is 0.398 e. The second-order valence-corrected chi connectivity index (χ2v) is 4.18. The van der Waals surface area contributed by atoms with Crippen molar-refractivity contribution in [3.05, 3.63) is 29.3 Å². The summed E-state index contributed by atoms with van der Waals surface area (Å²) in [6.07, 6.45) is 0.677. The van der Waals surface area contributed by atoms with Gasteiger partial charge in [-0.25, -0.2) is 0 Å². The molecule has 5 nitrogen and oxygen atoms in total. The number of amides is 1. The van der Waals surface area contributed by atoms with Gasteiger partial charge in [0, 0.05) is 18.8 Å². The lowest BCUT2D eigenvalue weighted by Crippen LogP contribution is -2.33. The number of halogens is 2. The smallest absolute Gasteiger partial charge is 0.239 e. The minimum absolute atomic E-state index is 0. The van der Waals surface area contributed by atoms with E-state index in [1.807, 2.05) is 0 Å². The van der Waals surface area contributed by atoms with Crippen molar-refractivity contribution < 1.29 is 4.79 Å². The molecular weight excluding hydrogens is 287 g/mol. The third-order valence-corrected chi connectivity index (χ3v) is 2.97. The molecule has 0 saturated carbocycles. The van der Waals surface area contributed by atoms with Gasteiger partial charge in [-0.05, 0) is 30.2 Å². The first-order valence-corrected chi connectivity index (χ1v) is 5.44. The van der Waals surface area contributed by atoms with Crippen LogP contribution in [-0.2, 0) is 11.3 Å². The van der Waals surface area contributed by atoms with Crippen molar-refractivity contribution >= 4 is 36.4 Å². The summed E-state index contributed by atoms with van der Waals surface area (Å²) in [5.41, 5.74) is 13.4. The zero-order valence-electron chi connectivity index (χ0n) is 10.2. The van der Waals surface area contributed by atoms with Gasteiger partial charge in [0.05, 0.1) is 17.7 Å². The Labute approximate surface area is 124 Å². The molecule has 104 valence electrons. The molecule has 0 aromatic heterocycles. The van der Waals surface area contributed by atoms with E-state index < -0.39 is 6.04 Å². The van der Waals surface area contributed by atoms with Crippen LogP contribution in [0.4, 0.5) is 5.69 Å².